The van der Waals surface area contributed by atoms with E-state index in [9.17, 15) is 0 Å². The van der Waals surface area contributed by atoms with Crippen molar-refractivity contribution >= 4 is 11.6 Å². The van der Waals surface area contributed by atoms with Crippen molar-refractivity contribution in [1.82, 2.24) is 0 Å². The molecule has 2 nitrogen and oxygen atoms in total. The zero-order chi connectivity index (χ0) is 7.84. The molecule has 1 aliphatic heterocycles. The molecule has 1 aromatic rings. The second kappa shape index (κ2) is 3.95. The van der Waals surface area contributed by atoms with Crippen LogP contribution in [0.4, 0.5) is 0 Å². The van der Waals surface area contributed by atoms with E-state index in [-0.39, 0.29) is 32.7 Å². The predicted molar refractivity (Wildman–Crippen MR) is 42.3 cm³/mol. The summed E-state index contributed by atoms with van der Waals surface area (Å²) in [5.74, 6) is 1.52. The van der Waals surface area contributed by atoms with Crippen LogP contribution >= 0.6 is 11.6 Å². The van der Waals surface area contributed by atoms with Crippen LogP contribution in [-0.2, 0) is 32.7 Å². The number of hydrogen-bond acceptors (Lipinski definition) is 2. The zero-order valence-corrected chi connectivity index (χ0v) is 10.2. The smallest absolute Gasteiger partial charge is 0.231 e. The third-order valence-electron chi connectivity index (χ3n) is 1.65. The molecule has 0 aromatic heterocycles. The summed E-state index contributed by atoms with van der Waals surface area (Å²) < 4.78 is 10.3. The molecular formula is C8H7ClO2Y. The van der Waals surface area contributed by atoms with Gasteiger partial charge in [-0.2, -0.15) is 0 Å². The van der Waals surface area contributed by atoms with Crippen molar-refractivity contribution in [2.45, 2.75) is 6.92 Å². The van der Waals surface area contributed by atoms with Gasteiger partial charge >= 0.3 is 0 Å². The number of halogens is 1. The van der Waals surface area contributed by atoms with E-state index in [1.807, 2.05) is 13.0 Å². The van der Waals surface area contributed by atoms with E-state index in [4.69, 9.17) is 21.1 Å². The average Bonchev–Trinajstić information content (AvgIpc) is 2.36. The molecule has 61 valence electrons. The van der Waals surface area contributed by atoms with Crippen LogP contribution in [0.25, 0.3) is 0 Å². The molecule has 0 saturated heterocycles. The van der Waals surface area contributed by atoms with Crippen LogP contribution < -0.4 is 9.47 Å². The van der Waals surface area contributed by atoms with Crippen LogP contribution in [0.2, 0.25) is 5.02 Å². The summed E-state index contributed by atoms with van der Waals surface area (Å²) in [6.45, 7) is 2.24. The summed E-state index contributed by atoms with van der Waals surface area (Å²) in [5, 5.41) is 0.717. The molecular weight excluding hydrogens is 252 g/mol. The van der Waals surface area contributed by atoms with Crippen molar-refractivity contribution in [2.75, 3.05) is 6.79 Å². The van der Waals surface area contributed by atoms with Gasteiger partial charge < -0.3 is 9.47 Å². The minimum atomic E-state index is 0. The standard InChI is InChI=1S/C8H7ClO2.Y/c1-5-2-7-8(3-6(5)9)11-4-10-7;/h2-3H,4H2,1H3;. The quantitative estimate of drug-likeness (QED) is 0.712. The van der Waals surface area contributed by atoms with Crippen molar-refractivity contribution < 1.29 is 42.2 Å². The summed E-state index contributed by atoms with van der Waals surface area (Å²) in [7, 11) is 0. The molecule has 1 radical (unpaired) electrons. The Bertz CT molecular complexity index is 272. The van der Waals surface area contributed by atoms with Crippen LogP contribution in [0, 0.1) is 6.92 Å². The molecule has 1 aromatic carbocycles. The molecule has 0 atom stereocenters. The minimum absolute atomic E-state index is 0. The van der Waals surface area contributed by atoms with Crippen LogP contribution in [0.1, 0.15) is 5.56 Å². The predicted octanol–water partition coefficient (Wildman–Crippen LogP) is 2.37. The van der Waals surface area contributed by atoms with Gasteiger partial charge in [-0.15, -0.1) is 0 Å². The van der Waals surface area contributed by atoms with E-state index in [0.717, 1.165) is 17.1 Å². The summed E-state index contributed by atoms with van der Waals surface area (Å²) in [5.41, 5.74) is 1.01. The van der Waals surface area contributed by atoms with Crippen molar-refractivity contribution in [3.05, 3.63) is 22.7 Å². The van der Waals surface area contributed by atoms with E-state index in [0.29, 0.717) is 11.8 Å². The molecule has 0 fully saturated rings. The number of fused-ring (bicyclic) bond motifs is 1. The number of benzene rings is 1. The van der Waals surface area contributed by atoms with Gasteiger partial charge in [0.15, 0.2) is 11.5 Å². The van der Waals surface area contributed by atoms with Crippen LogP contribution in [0.3, 0.4) is 0 Å². The van der Waals surface area contributed by atoms with Crippen molar-refractivity contribution in [3.63, 3.8) is 0 Å². The summed E-state index contributed by atoms with van der Waals surface area (Å²) in [6.07, 6.45) is 0. The molecule has 0 N–H and O–H groups in total. The fraction of sp³-hybridized carbons (Fsp3) is 0.250. The van der Waals surface area contributed by atoms with Gasteiger partial charge in [-0.1, -0.05) is 11.6 Å². The van der Waals surface area contributed by atoms with Crippen LogP contribution in [0.15, 0.2) is 12.1 Å². The van der Waals surface area contributed by atoms with Gasteiger partial charge in [-0.3, -0.25) is 0 Å². The van der Waals surface area contributed by atoms with Gasteiger partial charge in [0.05, 0.1) is 0 Å². The van der Waals surface area contributed by atoms with Crippen molar-refractivity contribution in [1.29, 1.82) is 0 Å². The molecule has 0 bridgehead atoms. The Labute approximate surface area is 101 Å². The first-order chi connectivity index (χ1) is 5.27. The number of hydrogen-bond donors (Lipinski definition) is 0. The van der Waals surface area contributed by atoms with E-state index in [1.165, 1.54) is 0 Å². The first kappa shape index (κ1) is 10.3. The van der Waals surface area contributed by atoms with Gasteiger partial charge in [0.25, 0.3) is 0 Å². The van der Waals surface area contributed by atoms with Gasteiger partial charge in [-0.25, -0.2) is 0 Å². The molecule has 4 heteroatoms. The van der Waals surface area contributed by atoms with Crippen LogP contribution in [-0.4, -0.2) is 6.79 Å². The Morgan fingerprint density at radius 2 is 1.83 bits per heavy atom. The van der Waals surface area contributed by atoms with E-state index >= 15 is 0 Å². The Morgan fingerprint density at radius 3 is 2.50 bits per heavy atom. The number of ether oxygens (including phenoxy) is 2. The SMILES string of the molecule is Cc1cc2c(cc1Cl)OCO2.[Y]. The summed E-state index contributed by atoms with van der Waals surface area (Å²) in [4.78, 5) is 0. The fourth-order valence-corrected chi connectivity index (χ4v) is 1.17. The second-order valence-electron chi connectivity index (χ2n) is 2.45. The van der Waals surface area contributed by atoms with Crippen LogP contribution in [0.5, 0.6) is 11.5 Å². The second-order valence-corrected chi connectivity index (χ2v) is 2.86. The van der Waals surface area contributed by atoms with Gasteiger partial charge in [-0.05, 0) is 18.6 Å². The summed E-state index contributed by atoms with van der Waals surface area (Å²) >= 11 is 5.86. The Morgan fingerprint density at radius 1 is 1.25 bits per heavy atom. The third-order valence-corrected chi connectivity index (χ3v) is 2.06. The van der Waals surface area contributed by atoms with E-state index in [2.05, 4.69) is 0 Å². The Kier molecular flexibility index (Phi) is 3.39. The monoisotopic (exact) mass is 259 g/mol. The van der Waals surface area contributed by atoms with Gasteiger partial charge in [0.2, 0.25) is 6.79 Å². The molecule has 0 aliphatic carbocycles. The molecule has 1 aliphatic rings. The Hall–Kier alpha value is 0.214. The van der Waals surface area contributed by atoms with Crippen molar-refractivity contribution in [2.24, 2.45) is 0 Å². The zero-order valence-electron chi connectivity index (χ0n) is 6.63. The number of rotatable bonds is 0. The van der Waals surface area contributed by atoms with Gasteiger partial charge in [0.1, 0.15) is 0 Å². The minimum Gasteiger partial charge on any atom is -0.454 e. The number of aryl methyl sites for hydroxylation is 1. The van der Waals surface area contributed by atoms with E-state index < -0.39 is 0 Å². The molecule has 1 heterocycles. The molecule has 0 amide bonds. The Balaban J connectivity index is 0.000000720. The van der Waals surface area contributed by atoms with E-state index in [1.54, 1.807) is 6.07 Å². The first-order valence-corrected chi connectivity index (χ1v) is 3.71. The molecule has 12 heavy (non-hydrogen) atoms. The van der Waals surface area contributed by atoms with Gasteiger partial charge in [0, 0.05) is 43.8 Å². The normalized spacial score (nSPS) is 12.5. The maximum Gasteiger partial charge on any atom is 0.231 e. The maximum absolute atomic E-state index is 5.86. The molecule has 2 rings (SSSR count). The molecule has 0 saturated carbocycles. The molecule has 0 spiro atoms. The largest absolute Gasteiger partial charge is 0.454 e. The third kappa shape index (κ3) is 1.76. The first-order valence-electron chi connectivity index (χ1n) is 3.33. The topological polar surface area (TPSA) is 18.5 Å². The average molecular weight is 260 g/mol. The fourth-order valence-electron chi connectivity index (χ4n) is 1.02. The maximum atomic E-state index is 5.86. The summed E-state index contributed by atoms with van der Waals surface area (Å²) in [6, 6.07) is 3.66. The van der Waals surface area contributed by atoms with Crippen molar-refractivity contribution in [3.8, 4) is 11.5 Å². The molecule has 0 unspecified atom stereocenters.